The lowest BCUT2D eigenvalue weighted by Crippen LogP contribution is -2.07. The minimum absolute atomic E-state index is 0.256. The molecule has 72 valence electrons. The van der Waals surface area contributed by atoms with E-state index in [2.05, 4.69) is 6.58 Å². The van der Waals surface area contributed by atoms with E-state index in [-0.39, 0.29) is 6.61 Å². The molecule has 12 heavy (non-hydrogen) atoms. The summed E-state index contributed by atoms with van der Waals surface area (Å²) >= 11 is 0. The molecule has 0 aliphatic heterocycles. The second-order valence-electron chi connectivity index (χ2n) is 2.68. The molecule has 1 atom stereocenters. The van der Waals surface area contributed by atoms with Gasteiger partial charge in [0, 0.05) is 13.0 Å². The number of rotatable bonds is 8. The molecule has 0 saturated carbocycles. The molecule has 0 aromatic carbocycles. The Morgan fingerprint density at radius 2 is 1.92 bits per heavy atom. The van der Waals surface area contributed by atoms with Crippen LogP contribution in [-0.4, -0.2) is 23.1 Å². The fraction of sp³-hybridized carbons (Fsp3) is 0.778. The summed E-state index contributed by atoms with van der Waals surface area (Å²) in [5.74, 6) is 0. The van der Waals surface area contributed by atoms with E-state index in [0.717, 1.165) is 25.7 Å². The second kappa shape index (κ2) is 8.56. The summed E-state index contributed by atoms with van der Waals surface area (Å²) in [4.78, 5) is 0. The van der Waals surface area contributed by atoms with Gasteiger partial charge in [0.05, 0.1) is 6.26 Å². The van der Waals surface area contributed by atoms with E-state index in [1.807, 2.05) is 0 Å². The molecule has 0 aliphatic rings. The van der Waals surface area contributed by atoms with E-state index < -0.39 is 6.29 Å². The van der Waals surface area contributed by atoms with Crippen LogP contribution in [0.2, 0.25) is 0 Å². The lowest BCUT2D eigenvalue weighted by molar-refractivity contribution is -0.0569. The third-order valence-corrected chi connectivity index (χ3v) is 1.61. The first-order valence-corrected chi connectivity index (χ1v) is 4.36. The van der Waals surface area contributed by atoms with Crippen molar-refractivity contribution < 1.29 is 14.9 Å². The minimum atomic E-state index is -0.711. The first-order chi connectivity index (χ1) is 5.81. The first kappa shape index (κ1) is 11.5. The highest BCUT2D eigenvalue weighted by molar-refractivity contribution is 4.53. The summed E-state index contributed by atoms with van der Waals surface area (Å²) < 4.78 is 4.72. The third kappa shape index (κ3) is 7.57. The molecule has 1 unspecified atom stereocenters. The Labute approximate surface area is 73.7 Å². The normalized spacial score (nSPS) is 12.5. The molecule has 0 saturated heterocycles. The van der Waals surface area contributed by atoms with Crippen LogP contribution in [0.1, 0.15) is 32.1 Å². The van der Waals surface area contributed by atoms with Crippen LogP contribution in [0, 0.1) is 0 Å². The molecule has 0 radical (unpaired) electrons. The monoisotopic (exact) mass is 174 g/mol. The molecule has 0 amide bonds. The van der Waals surface area contributed by atoms with Crippen LogP contribution in [0.4, 0.5) is 0 Å². The van der Waals surface area contributed by atoms with E-state index in [1.54, 1.807) is 0 Å². The van der Waals surface area contributed by atoms with Gasteiger partial charge in [-0.25, -0.2) is 0 Å². The van der Waals surface area contributed by atoms with Crippen LogP contribution in [-0.2, 0) is 4.74 Å². The van der Waals surface area contributed by atoms with Gasteiger partial charge in [0.2, 0.25) is 0 Å². The number of hydrogen-bond donors (Lipinski definition) is 2. The predicted octanol–water partition coefficient (Wildman–Crippen LogP) is 1.41. The Morgan fingerprint density at radius 3 is 2.50 bits per heavy atom. The fourth-order valence-corrected chi connectivity index (χ4v) is 0.963. The number of unbranched alkanes of at least 4 members (excludes halogenated alkanes) is 3. The topological polar surface area (TPSA) is 49.7 Å². The zero-order valence-corrected chi connectivity index (χ0v) is 7.41. The van der Waals surface area contributed by atoms with Gasteiger partial charge >= 0.3 is 0 Å². The van der Waals surface area contributed by atoms with Crippen molar-refractivity contribution in [2.24, 2.45) is 0 Å². The summed E-state index contributed by atoms with van der Waals surface area (Å²) in [7, 11) is 0. The Hall–Kier alpha value is -0.540. The highest BCUT2D eigenvalue weighted by Crippen LogP contribution is 2.06. The van der Waals surface area contributed by atoms with Crippen molar-refractivity contribution >= 4 is 0 Å². The Bertz CT molecular complexity index is 104. The van der Waals surface area contributed by atoms with Crippen molar-refractivity contribution in [1.29, 1.82) is 0 Å². The van der Waals surface area contributed by atoms with Crippen molar-refractivity contribution in [3.63, 3.8) is 0 Å². The lowest BCUT2D eigenvalue weighted by Gasteiger charge is -2.08. The molecule has 0 spiro atoms. The van der Waals surface area contributed by atoms with Gasteiger partial charge in [-0.2, -0.15) is 0 Å². The van der Waals surface area contributed by atoms with Crippen molar-refractivity contribution in [3.05, 3.63) is 12.8 Å². The summed E-state index contributed by atoms with van der Waals surface area (Å²) in [5.41, 5.74) is 0. The van der Waals surface area contributed by atoms with Crippen LogP contribution >= 0.6 is 0 Å². The molecule has 0 aromatic rings. The average Bonchev–Trinajstić information content (AvgIpc) is 2.05. The third-order valence-electron chi connectivity index (χ3n) is 1.61. The van der Waals surface area contributed by atoms with Crippen molar-refractivity contribution in [1.82, 2.24) is 0 Å². The molecule has 0 bridgehead atoms. The fourth-order valence-electron chi connectivity index (χ4n) is 0.963. The highest BCUT2D eigenvalue weighted by Gasteiger charge is 2.00. The van der Waals surface area contributed by atoms with Gasteiger partial charge in [0.15, 0.2) is 6.29 Å². The first-order valence-electron chi connectivity index (χ1n) is 4.36. The van der Waals surface area contributed by atoms with E-state index in [0.29, 0.717) is 6.42 Å². The summed E-state index contributed by atoms with van der Waals surface area (Å²) in [6, 6.07) is 0. The maximum absolute atomic E-state index is 9.06. The standard InChI is InChI=1S/C9H18O3/c1-2-12-9(11)7-5-3-4-6-8-10/h2,9-11H,1,3-8H2. The number of aliphatic hydroxyl groups excluding tert-OH is 2. The van der Waals surface area contributed by atoms with Crippen molar-refractivity contribution in [2.75, 3.05) is 6.61 Å². The molecule has 3 nitrogen and oxygen atoms in total. The van der Waals surface area contributed by atoms with Gasteiger partial charge in [-0.3, -0.25) is 0 Å². The zero-order chi connectivity index (χ0) is 9.23. The molecule has 3 heteroatoms. The summed E-state index contributed by atoms with van der Waals surface area (Å²) in [6.45, 7) is 3.60. The van der Waals surface area contributed by atoms with E-state index in [1.165, 1.54) is 6.26 Å². The summed E-state index contributed by atoms with van der Waals surface area (Å²) in [5, 5.41) is 17.5. The zero-order valence-electron chi connectivity index (χ0n) is 7.41. The van der Waals surface area contributed by atoms with Crippen LogP contribution in [0.25, 0.3) is 0 Å². The van der Waals surface area contributed by atoms with Gasteiger partial charge in [-0.05, 0) is 12.8 Å². The van der Waals surface area contributed by atoms with Crippen molar-refractivity contribution in [3.8, 4) is 0 Å². The van der Waals surface area contributed by atoms with Crippen LogP contribution in [0.15, 0.2) is 12.8 Å². The second-order valence-corrected chi connectivity index (χ2v) is 2.68. The molecule has 0 aliphatic carbocycles. The van der Waals surface area contributed by atoms with Crippen LogP contribution in [0.3, 0.4) is 0 Å². The maximum Gasteiger partial charge on any atom is 0.196 e. The molecule has 0 aromatic heterocycles. The molecular weight excluding hydrogens is 156 g/mol. The van der Waals surface area contributed by atoms with E-state index in [4.69, 9.17) is 14.9 Å². The van der Waals surface area contributed by atoms with Crippen LogP contribution in [0.5, 0.6) is 0 Å². The predicted molar refractivity (Wildman–Crippen MR) is 47.5 cm³/mol. The van der Waals surface area contributed by atoms with Crippen LogP contribution < -0.4 is 0 Å². The van der Waals surface area contributed by atoms with Gasteiger partial charge < -0.3 is 14.9 Å². The molecule has 0 heterocycles. The van der Waals surface area contributed by atoms with Crippen molar-refractivity contribution in [2.45, 2.75) is 38.4 Å². The largest absolute Gasteiger partial charge is 0.473 e. The highest BCUT2D eigenvalue weighted by atomic mass is 16.6. The molecule has 0 fully saturated rings. The summed E-state index contributed by atoms with van der Waals surface area (Å²) in [6.07, 6.45) is 4.98. The van der Waals surface area contributed by atoms with Gasteiger partial charge in [-0.1, -0.05) is 19.4 Å². The van der Waals surface area contributed by atoms with E-state index >= 15 is 0 Å². The number of hydrogen-bond acceptors (Lipinski definition) is 3. The Kier molecular flexibility index (Phi) is 8.17. The smallest absolute Gasteiger partial charge is 0.196 e. The van der Waals surface area contributed by atoms with Gasteiger partial charge in [-0.15, -0.1) is 0 Å². The average molecular weight is 174 g/mol. The Balaban J connectivity index is 3.02. The lowest BCUT2D eigenvalue weighted by atomic mass is 10.1. The molecule has 0 rings (SSSR count). The molecular formula is C9H18O3. The number of ether oxygens (including phenoxy) is 1. The van der Waals surface area contributed by atoms with Gasteiger partial charge in [0.25, 0.3) is 0 Å². The molecule has 2 N–H and O–H groups in total. The SMILES string of the molecule is C=COC(O)CCCCCCO. The van der Waals surface area contributed by atoms with E-state index in [9.17, 15) is 0 Å². The Morgan fingerprint density at radius 1 is 1.25 bits per heavy atom. The van der Waals surface area contributed by atoms with Gasteiger partial charge in [0.1, 0.15) is 0 Å². The maximum atomic E-state index is 9.06. The minimum Gasteiger partial charge on any atom is -0.473 e. The number of aliphatic hydroxyl groups is 2. The quantitative estimate of drug-likeness (QED) is 0.332.